The van der Waals surface area contributed by atoms with Gasteiger partial charge in [0.05, 0.1) is 12.0 Å². The zero-order valence-corrected chi connectivity index (χ0v) is 9.38. The highest BCUT2D eigenvalue weighted by atomic mass is 16.4. The third kappa shape index (κ3) is 2.94. The standard InChI is InChI=1S/C12H11N3O3/c16-11(5-8-3-4-13-6-8)15-10-2-1-9(7-14-10)12(17)18/h1-4,6-7,13H,5H2,(H,17,18)(H,14,15,16). The van der Waals surface area contributed by atoms with Gasteiger partial charge in [0, 0.05) is 18.6 Å². The lowest BCUT2D eigenvalue weighted by Crippen LogP contribution is -2.15. The summed E-state index contributed by atoms with van der Waals surface area (Å²) in [7, 11) is 0. The summed E-state index contributed by atoms with van der Waals surface area (Å²) in [6, 6.07) is 4.65. The van der Waals surface area contributed by atoms with Crippen LogP contribution in [0.15, 0.2) is 36.8 Å². The van der Waals surface area contributed by atoms with Gasteiger partial charge in [0.2, 0.25) is 5.91 Å². The molecule has 3 N–H and O–H groups in total. The third-order valence-electron chi connectivity index (χ3n) is 2.30. The molecule has 6 heteroatoms. The van der Waals surface area contributed by atoms with Gasteiger partial charge in [-0.2, -0.15) is 0 Å². The van der Waals surface area contributed by atoms with E-state index in [0.29, 0.717) is 5.82 Å². The first-order valence-corrected chi connectivity index (χ1v) is 5.26. The summed E-state index contributed by atoms with van der Waals surface area (Å²) >= 11 is 0. The Morgan fingerprint density at radius 3 is 2.72 bits per heavy atom. The molecule has 0 aliphatic carbocycles. The molecule has 0 saturated carbocycles. The van der Waals surface area contributed by atoms with Crippen molar-refractivity contribution in [2.45, 2.75) is 6.42 Å². The molecule has 0 radical (unpaired) electrons. The van der Waals surface area contributed by atoms with Crippen LogP contribution >= 0.6 is 0 Å². The maximum Gasteiger partial charge on any atom is 0.337 e. The number of aromatic nitrogens is 2. The van der Waals surface area contributed by atoms with E-state index in [1.165, 1.54) is 18.3 Å². The fourth-order valence-electron chi connectivity index (χ4n) is 1.44. The summed E-state index contributed by atoms with van der Waals surface area (Å²) in [6.07, 6.45) is 4.92. The van der Waals surface area contributed by atoms with E-state index in [9.17, 15) is 9.59 Å². The largest absolute Gasteiger partial charge is 0.478 e. The van der Waals surface area contributed by atoms with Crippen LogP contribution in [0.5, 0.6) is 0 Å². The van der Waals surface area contributed by atoms with Gasteiger partial charge in [0.15, 0.2) is 0 Å². The van der Waals surface area contributed by atoms with Crippen LogP contribution in [0.2, 0.25) is 0 Å². The predicted molar refractivity (Wildman–Crippen MR) is 64.3 cm³/mol. The number of aromatic carboxylic acids is 1. The average molecular weight is 245 g/mol. The second-order valence-electron chi connectivity index (χ2n) is 3.68. The molecule has 2 aromatic heterocycles. The van der Waals surface area contributed by atoms with Crippen molar-refractivity contribution in [2.24, 2.45) is 0 Å². The van der Waals surface area contributed by atoms with Crippen molar-refractivity contribution in [3.05, 3.63) is 47.9 Å². The molecule has 0 unspecified atom stereocenters. The smallest absolute Gasteiger partial charge is 0.337 e. The molecule has 2 rings (SSSR count). The van der Waals surface area contributed by atoms with Gasteiger partial charge in [-0.1, -0.05) is 0 Å². The van der Waals surface area contributed by atoms with Crippen molar-refractivity contribution in [2.75, 3.05) is 5.32 Å². The van der Waals surface area contributed by atoms with E-state index >= 15 is 0 Å². The number of rotatable bonds is 4. The summed E-state index contributed by atoms with van der Waals surface area (Å²) in [5.74, 6) is -0.918. The number of anilines is 1. The molecule has 1 amide bonds. The lowest BCUT2D eigenvalue weighted by Gasteiger charge is -2.03. The Morgan fingerprint density at radius 1 is 1.33 bits per heavy atom. The molecule has 0 aliphatic heterocycles. The van der Waals surface area contributed by atoms with Crippen LogP contribution in [0.3, 0.4) is 0 Å². The minimum Gasteiger partial charge on any atom is -0.478 e. The number of H-pyrrole nitrogens is 1. The van der Waals surface area contributed by atoms with Crippen molar-refractivity contribution in [3.63, 3.8) is 0 Å². The fourth-order valence-corrected chi connectivity index (χ4v) is 1.44. The maximum atomic E-state index is 11.6. The van der Waals surface area contributed by atoms with Crippen LogP contribution in [0.1, 0.15) is 15.9 Å². The van der Waals surface area contributed by atoms with Crippen molar-refractivity contribution in [1.82, 2.24) is 9.97 Å². The van der Waals surface area contributed by atoms with E-state index in [4.69, 9.17) is 5.11 Å². The third-order valence-corrected chi connectivity index (χ3v) is 2.30. The number of carbonyl (C=O) groups excluding carboxylic acids is 1. The Bertz CT molecular complexity index is 546. The van der Waals surface area contributed by atoms with Crippen molar-refractivity contribution < 1.29 is 14.7 Å². The number of carboxylic acid groups (broad SMARTS) is 1. The molecule has 0 saturated heterocycles. The summed E-state index contributed by atoms with van der Waals surface area (Å²) in [5.41, 5.74) is 0.952. The highest BCUT2D eigenvalue weighted by Gasteiger charge is 2.07. The van der Waals surface area contributed by atoms with Crippen LogP contribution < -0.4 is 5.32 Å². The zero-order valence-electron chi connectivity index (χ0n) is 9.38. The normalized spacial score (nSPS) is 10.0. The van der Waals surface area contributed by atoms with E-state index in [2.05, 4.69) is 15.3 Å². The van der Waals surface area contributed by atoms with Gasteiger partial charge in [-0.25, -0.2) is 9.78 Å². The van der Waals surface area contributed by atoms with E-state index < -0.39 is 5.97 Å². The molecule has 0 spiro atoms. The Balaban J connectivity index is 1.97. The number of aromatic amines is 1. The van der Waals surface area contributed by atoms with Crippen LogP contribution in [-0.4, -0.2) is 27.0 Å². The van der Waals surface area contributed by atoms with Gasteiger partial charge in [0.25, 0.3) is 0 Å². The molecule has 2 heterocycles. The van der Waals surface area contributed by atoms with E-state index in [1.807, 2.05) is 0 Å². The topological polar surface area (TPSA) is 95.1 Å². The van der Waals surface area contributed by atoms with Gasteiger partial charge in [-0.05, 0) is 23.8 Å². The van der Waals surface area contributed by atoms with E-state index in [1.54, 1.807) is 18.5 Å². The number of pyridine rings is 1. The SMILES string of the molecule is O=C(Cc1cc[nH]c1)Nc1ccc(C(=O)O)cn1. The zero-order chi connectivity index (χ0) is 13.0. The molecule has 0 aliphatic rings. The molecule has 0 fully saturated rings. The minimum atomic E-state index is -1.05. The lowest BCUT2D eigenvalue weighted by molar-refractivity contribution is -0.115. The molecular formula is C12H11N3O3. The van der Waals surface area contributed by atoms with Crippen LogP contribution in [0, 0.1) is 0 Å². The molecule has 0 atom stereocenters. The predicted octanol–water partition coefficient (Wildman–Crippen LogP) is 1.29. The highest BCUT2D eigenvalue weighted by Crippen LogP contribution is 2.06. The second-order valence-corrected chi connectivity index (χ2v) is 3.68. The van der Waals surface area contributed by atoms with E-state index in [-0.39, 0.29) is 17.9 Å². The van der Waals surface area contributed by atoms with Gasteiger partial charge in [-0.15, -0.1) is 0 Å². The summed E-state index contributed by atoms with van der Waals surface area (Å²) in [4.78, 5) is 28.9. The quantitative estimate of drug-likeness (QED) is 0.756. The summed E-state index contributed by atoms with van der Waals surface area (Å²) < 4.78 is 0. The van der Waals surface area contributed by atoms with Gasteiger partial charge in [-0.3, -0.25) is 4.79 Å². The summed E-state index contributed by atoms with van der Waals surface area (Å²) in [5, 5.41) is 11.3. The van der Waals surface area contributed by atoms with Crippen molar-refractivity contribution in [3.8, 4) is 0 Å². The first-order valence-electron chi connectivity index (χ1n) is 5.26. The number of hydrogen-bond donors (Lipinski definition) is 3. The molecule has 6 nitrogen and oxygen atoms in total. The van der Waals surface area contributed by atoms with Crippen LogP contribution in [0.25, 0.3) is 0 Å². The molecule has 0 bridgehead atoms. The van der Waals surface area contributed by atoms with E-state index in [0.717, 1.165) is 5.56 Å². The van der Waals surface area contributed by atoms with Crippen LogP contribution in [0.4, 0.5) is 5.82 Å². The minimum absolute atomic E-state index is 0.0821. The van der Waals surface area contributed by atoms with Crippen molar-refractivity contribution >= 4 is 17.7 Å². The number of nitrogens with zero attached hydrogens (tertiary/aromatic N) is 1. The Kier molecular flexibility index (Phi) is 3.38. The maximum absolute atomic E-state index is 11.6. The van der Waals surface area contributed by atoms with Gasteiger partial charge < -0.3 is 15.4 Å². The van der Waals surface area contributed by atoms with Gasteiger partial charge in [0.1, 0.15) is 5.82 Å². The first-order chi connectivity index (χ1) is 8.65. The lowest BCUT2D eigenvalue weighted by atomic mass is 10.2. The Hall–Kier alpha value is -2.63. The van der Waals surface area contributed by atoms with Crippen molar-refractivity contribution in [1.29, 1.82) is 0 Å². The Morgan fingerprint density at radius 2 is 2.17 bits per heavy atom. The second kappa shape index (κ2) is 5.13. The summed E-state index contributed by atoms with van der Waals surface area (Å²) in [6.45, 7) is 0. The molecular weight excluding hydrogens is 234 g/mol. The number of amides is 1. The fraction of sp³-hybridized carbons (Fsp3) is 0.0833. The average Bonchev–Trinajstić information content (AvgIpc) is 2.82. The number of carboxylic acids is 1. The number of nitrogens with one attached hydrogen (secondary N) is 2. The monoisotopic (exact) mass is 245 g/mol. The first kappa shape index (κ1) is 11.8. The van der Waals surface area contributed by atoms with Gasteiger partial charge >= 0.3 is 5.97 Å². The molecule has 18 heavy (non-hydrogen) atoms. The molecule has 2 aromatic rings. The Labute approximate surface area is 103 Å². The number of hydrogen-bond acceptors (Lipinski definition) is 3. The van der Waals surface area contributed by atoms with Crippen LogP contribution in [-0.2, 0) is 11.2 Å². The highest BCUT2D eigenvalue weighted by molar-refractivity contribution is 5.92. The molecule has 0 aromatic carbocycles. The molecule has 92 valence electrons. The number of carbonyl (C=O) groups is 2.